The summed E-state index contributed by atoms with van der Waals surface area (Å²) in [5.41, 5.74) is 2.47. The van der Waals surface area contributed by atoms with Gasteiger partial charge in [0.25, 0.3) is 10.0 Å². The normalized spacial score (nSPS) is 17.6. The van der Waals surface area contributed by atoms with E-state index in [1.807, 2.05) is 31.2 Å². The number of fused-ring (bicyclic) bond motifs is 2. The van der Waals surface area contributed by atoms with Gasteiger partial charge in [0.1, 0.15) is 0 Å². The molecule has 3 aromatic rings. The predicted molar refractivity (Wildman–Crippen MR) is 88.2 cm³/mol. The fourth-order valence-corrected chi connectivity index (χ4v) is 4.91. The largest absolute Gasteiger partial charge is 0.323 e. The summed E-state index contributed by atoms with van der Waals surface area (Å²) >= 11 is 0. The topological polar surface area (TPSA) is 86.0 Å². The minimum absolute atomic E-state index is 0.140. The van der Waals surface area contributed by atoms with Crippen LogP contribution in [0.1, 0.15) is 12.5 Å². The van der Waals surface area contributed by atoms with Gasteiger partial charge in [-0.25, -0.2) is 13.2 Å². The number of aromatic amines is 2. The summed E-state index contributed by atoms with van der Waals surface area (Å²) in [7, 11) is -3.69. The lowest BCUT2D eigenvalue weighted by molar-refractivity contribution is 0.584. The molecule has 7 heteroatoms. The summed E-state index contributed by atoms with van der Waals surface area (Å²) in [6.07, 6.45) is 0.693. The van der Waals surface area contributed by atoms with E-state index in [2.05, 4.69) is 9.97 Å². The number of H-pyrrole nitrogens is 2. The Balaban J connectivity index is 1.87. The second-order valence-electron chi connectivity index (χ2n) is 5.77. The molecule has 1 atom stereocenters. The van der Waals surface area contributed by atoms with Crippen molar-refractivity contribution in [3.8, 4) is 0 Å². The van der Waals surface area contributed by atoms with E-state index in [1.54, 1.807) is 6.07 Å². The van der Waals surface area contributed by atoms with Gasteiger partial charge in [0.2, 0.25) is 0 Å². The van der Waals surface area contributed by atoms with Crippen LogP contribution in [0.4, 0.5) is 5.69 Å². The minimum atomic E-state index is -3.69. The van der Waals surface area contributed by atoms with Gasteiger partial charge in [0.15, 0.2) is 0 Å². The van der Waals surface area contributed by atoms with Crippen molar-refractivity contribution in [2.75, 3.05) is 4.31 Å². The lowest BCUT2D eigenvalue weighted by atomic mass is 10.1. The van der Waals surface area contributed by atoms with E-state index in [-0.39, 0.29) is 16.6 Å². The number of nitrogens with one attached hydrogen (secondary N) is 2. The zero-order valence-electron chi connectivity index (χ0n) is 12.4. The van der Waals surface area contributed by atoms with Gasteiger partial charge < -0.3 is 9.97 Å². The number of imidazole rings is 1. The van der Waals surface area contributed by atoms with Crippen LogP contribution < -0.4 is 9.99 Å². The molecule has 0 amide bonds. The molecule has 0 saturated carbocycles. The second kappa shape index (κ2) is 4.73. The average Bonchev–Trinajstić information content (AvgIpc) is 3.04. The number of hydrogen-bond donors (Lipinski definition) is 2. The predicted octanol–water partition coefficient (Wildman–Crippen LogP) is 2.00. The lowest BCUT2D eigenvalue weighted by Gasteiger charge is -2.24. The molecule has 0 aliphatic carbocycles. The summed E-state index contributed by atoms with van der Waals surface area (Å²) in [6, 6.07) is 12.0. The Hall–Kier alpha value is -2.54. The van der Waals surface area contributed by atoms with Crippen LogP contribution in [0.25, 0.3) is 11.0 Å². The van der Waals surface area contributed by atoms with E-state index < -0.39 is 10.0 Å². The first-order chi connectivity index (χ1) is 11.0. The molecule has 2 aromatic carbocycles. The molecular formula is C16H15N3O3S. The van der Waals surface area contributed by atoms with E-state index in [1.165, 1.54) is 16.4 Å². The zero-order valence-corrected chi connectivity index (χ0v) is 13.2. The van der Waals surface area contributed by atoms with Crippen molar-refractivity contribution >= 4 is 26.7 Å². The van der Waals surface area contributed by atoms with Gasteiger partial charge in [-0.1, -0.05) is 18.2 Å². The maximum absolute atomic E-state index is 13.1. The van der Waals surface area contributed by atoms with Crippen LogP contribution in [0.2, 0.25) is 0 Å². The Bertz CT molecular complexity index is 1070. The number of hydrogen-bond acceptors (Lipinski definition) is 3. The Kier molecular flexibility index (Phi) is 2.89. The molecule has 0 bridgehead atoms. The third kappa shape index (κ3) is 2.08. The van der Waals surface area contributed by atoms with Crippen LogP contribution >= 0.6 is 0 Å². The van der Waals surface area contributed by atoms with Crippen molar-refractivity contribution in [3.63, 3.8) is 0 Å². The summed E-state index contributed by atoms with van der Waals surface area (Å²) in [6.45, 7) is 1.90. The summed E-state index contributed by atoms with van der Waals surface area (Å²) in [5.74, 6) is 0. The molecule has 0 unspecified atom stereocenters. The Morgan fingerprint density at radius 2 is 1.83 bits per heavy atom. The highest BCUT2D eigenvalue weighted by atomic mass is 32.2. The van der Waals surface area contributed by atoms with Crippen molar-refractivity contribution in [2.24, 2.45) is 0 Å². The van der Waals surface area contributed by atoms with Gasteiger partial charge in [-0.3, -0.25) is 4.31 Å². The molecule has 23 heavy (non-hydrogen) atoms. The molecule has 6 nitrogen and oxygen atoms in total. The van der Waals surface area contributed by atoms with E-state index in [9.17, 15) is 13.2 Å². The Labute approximate surface area is 132 Å². The van der Waals surface area contributed by atoms with E-state index in [0.717, 1.165) is 11.3 Å². The zero-order chi connectivity index (χ0) is 16.2. The van der Waals surface area contributed by atoms with Crippen molar-refractivity contribution in [1.29, 1.82) is 0 Å². The van der Waals surface area contributed by atoms with Gasteiger partial charge in [0, 0.05) is 6.04 Å². The molecular weight excluding hydrogens is 314 g/mol. The van der Waals surface area contributed by atoms with E-state index >= 15 is 0 Å². The molecule has 1 aliphatic heterocycles. The van der Waals surface area contributed by atoms with Gasteiger partial charge in [-0.15, -0.1) is 0 Å². The molecule has 2 N–H and O–H groups in total. The first kappa shape index (κ1) is 14.1. The average molecular weight is 329 g/mol. The minimum Gasteiger partial charge on any atom is -0.306 e. The van der Waals surface area contributed by atoms with Crippen molar-refractivity contribution in [2.45, 2.75) is 24.3 Å². The highest BCUT2D eigenvalue weighted by Gasteiger charge is 2.35. The van der Waals surface area contributed by atoms with Crippen LogP contribution in [-0.2, 0) is 16.4 Å². The summed E-state index contributed by atoms with van der Waals surface area (Å²) < 4.78 is 27.6. The lowest BCUT2D eigenvalue weighted by Crippen LogP contribution is -2.35. The highest BCUT2D eigenvalue weighted by molar-refractivity contribution is 7.92. The van der Waals surface area contributed by atoms with Crippen LogP contribution in [0, 0.1) is 0 Å². The van der Waals surface area contributed by atoms with Gasteiger partial charge in [0.05, 0.1) is 21.6 Å². The van der Waals surface area contributed by atoms with Gasteiger partial charge in [-0.05, 0) is 43.2 Å². The van der Waals surface area contributed by atoms with E-state index in [0.29, 0.717) is 17.5 Å². The fourth-order valence-electron chi connectivity index (χ4n) is 3.19. The van der Waals surface area contributed by atoms with Crippen molar-refractivity contribution < 1.29 is 8.42 Å². The molecule has 0 fully saturated rings. The van der Waals surface area contributed by atoms with Gasteiger partial charge >= 0.3 is 5.69 Å². The van der Waals surface area contributed by atoms with Crippen molar-refractivity contribution in [3.05, 3.63) is 58.5 Å². The number of para-hydroxylation sites is 1. The number of aromatic nitrogens is 2. The smallest absolute Gasteiger partial charge is 0.306 e. The number of rotatable bonds is 2. The number of anilines is 1. The summed E-state index contributed by atoms with van der Waals surface area (Å²) in [5, 5.41) is 0. The number of sulfonamides is 1. The van der Waals surface area contributed by atoms with E-state index in [4.69, 9.17) is 0 Å². The highest BCUT2D eigenvalue weighted by Crippen LogP contribution is 2.36. The molecule has 0 saturated heterocycles. The maximum atomic E-state index is 13.1. The SMILES string of the molecule is C[C@@H]1Cc2ccccc2N1S(=O)(=O)c1ccc2[nH]c(=O)[nH]c2c1. The van der Waals surface area contributed by atoms with Crippen molar-refractivity contribution in [1.82, 2.24) is 9.97 Å². The number of nitrogens with zero attached hydrogens (tertiary/aromatic N) is 1. The maximum Gasteiger partial charge on any atom is 0.323 e. The Morgan fingerprint density at radius 1 is 1.09 bits per heavy atom. The molecule has 118 valence electrons. The third-order valence-corrected chi connectivity index (χ3v) is 6.11. The standard InChI is InChI=1S/C16H15N3O3S/c1-10-8-11-4-2-3-5-15(11)19(10)23(21,22)12-6-7-13-14(9-12)18-16(20)17-13/h2-7,9-10H,8H2,1H3,(H2,17,18,20)/t10-/m1/s1. The molecule has 1 aromatic heterocycles. The monoisotopic (exact) mass is 329 g/mol. The van der Waals surface area contributed by atoms with Crippen LogP contribution in [0.15, 0.2) is 52.2 Å². The quantitative estimate of drug-likeness (QED) is 0.754. The Morgan fingerprint density at radius 3 is 2.65 bits per heavy atom. The fraction of sp³-hybridized carbons (Fsp3) is 0.188. The molecule has 4 rings (SSSR count). The number of benzene rings is 2. The van der Waals surface area contributed by atoms with Crippen LogP contribution in [0.3, 0.4) is 0 Å². The summed E-state index contributed by atoms with van der Waals surface area (Å²) in [4.78, 5) is 16.7. The first-order valence-corrected chi connectivity index (χ1v) is 8.75. The third-order valence-electron chi connectivity index (χ3n) is 4.19. The molecule has 1 aliphatic rings. The molecule has 2 heterocycles. The molecule has 0 radical (unpaired) electrons. The van der Waals surface area contributed by atoms with Crippen LogP contribution in [-0.4, -0.2) is 24.4 Å². The first-order valence-electron chi connectivity index (χ1n) is 7.31. The molecule has 0 spiro atoms. The van der Waals surface area contributed by atoms with Crippen LogP contribution in [0.5, 0.6) is 0 Å². The van der Waals surface area contributed by atoms with Gasteiger partial charge in [-0.2, -0.15) is 0 Å². The second-order valence-corrected chi connectivity index (χ2v) is 7.58.